The van der Waals surface area contributed by atoms with E-state index in [-0.39, 0.29) is 0 Å². The largest absolute Gasteiger partial charge is 0.494 e. The van der Waals surface area contributed by atoms with E-state index in [0.717, 1.165) is 18.8 Å². The van der Waals surface area contributed by atoms with E-state index < -0.39 is 0 Å². The molecule has 0 aliphatic rings. The second-order valence-corrected chi connectivity index (χ2v) is 5.55. The highest BCUT2D eigenvalue weighted by molar-refractivity contribution is 5.38. The maximum atomic E-state index is 7.40. The van der Waals surface area contributed by atoms with E-state index >= 15 is 0 Å². The lowest BCUT2D eigenvalue weighted by atomic mass is 10.1. The number of nitrogens with one attached hydrogen (secondary N) is 1. The van der Waals surface area contributed by atoms with E-state index in [1.807, 2.05) is 12.1 Å². The normalized spacial score (nSPS) is 10.7. The molecule has 0 bridgehead atoms. The molecule has 2 nitrogen and oxygen atoms in total. The molecule has 20 heavy (non-hydrogen) atoms. The second kappa shape index (κ2) is 11.6. The van der Waals surface area contributed by atoms with Crippen LogP contribution in [0.4, 0.5) is 5.69 Å². The zero-order valence-corrected chi connectivity index (χ0v) is 13.0. The van der Waals surface area contributed by atoms with Crippen LogP contribution in [0.3, 0.4) is 0 Å². The predicted molar refractivity (Wildman–Crippen MR) is 86.5 cm³/mol. The molecule has 0 saturated heterocycles. The Morgan fingerprint density at radius 2 is 1.25 bits per heavy atom. The zero-order chi connectivity index (χ0) is 14.5. The van der Waals surface area contributed by atoms with E-state index in [4.69, 9.17) is 10.5 Å². The molecule has 1 radical (unpaired) electrons. The standard InChI is InChI=1S/C18H30NO/c1-2-3-4-5-6-7-8-9-10-11-16-20-18-14-12-17(19)13-15-18/h12-15,19H,2-11,16H2,1H3. The van der Waals surface area contributed by atoms with Crippen LogP contribution in [0.5, 0.6) is 5.75 Å². The maximum Gasteiger partial charge on any atom is 0.119 e. The van der Waals surface area contributed by atoms with Gasteiger partial charge in [0.25, 0.3) is 0 Å². The average molecular weight is 276 g/mol. The van der Waals surface area contributed by atoms with Crippen molar-refractivity contribution in [2.75, 3.05) is 6.61 Å². The number of unbranched alkanes of at least 4 members (excludes halogenated alkanes) is 9. The van der Waals surface area contributed by atoms with Gasteiger partial charge in [-0.25, -0.2) is 0 Å². The first-order valence-electron chi connectivity index (χ1n) is 8.27. The van der Waals surface area contributed by atoms with Gasteiger partial charge in [-0.3, -0.25) is 0 Å². The number of ether oxygens (including phenoxy) is 1. The second-order valence-electron chi connectivity index (χ2n) is 5.55. The van der Waals surface area contributed by atoms with Crippen LogP contribution in [0.15, 0.2) is 24.3 Å². The van der Waals surface area contributed by atoms with Crippen molar-refractivity contribution >= 4 is 5.69 Å². The third-order valence-electron chi connectivity index (χ3n) is 3.62. The SMILES string of the molecule is CCCCCCCCCCCCOc1ccc([NH])cc1. The zero-order valence-electron chi connectivity index (χ0n) is 13.0. The molecule has 1 rings (SSSR count). The summed E-state index contributed by atoms with van der Waals surface area (Å²) in [6.07, 6.45) is 13.5. The number of benzene rings is 1. The van der Waals surface area contributed by atoms with Crippen molar-refractivity contribution in [3.05, 3.63) is 24.3 Å². The van der Waals surface area contributed by atoms with Crippen LogP contribution < -0.4 is 10.5 Å². The van der Waals surface area contributed by atoms with Gasteiger partial charge >= 0.3 is 0 Å². The van der Waals surface area contributed by atoms with Gasteiger partial charge in [0, 0.05) is 0 Å². The van der Waals surface area contributed by atoms with Gasteiger partial charge in [-0.15, -0.1) is 0 Å². The lowest BCUT2D eigenvalue weighted by molar-refractivity contribution is 0.304. The van der Waals surface area contributed by atoms with Gasteiger partial charge in [0.2, 0.25) is 0 Å². The molecule has 0 unspecified atom stereocenters. The Kier molecular flexibility index (Phi) is 9.81. The van der Waals surface area contributed by atoms with E-state index in [1.165, 1.54) is 57.8 Å². The molecule has 0 aliphatic heterocycles. The van der Waals surface area contributed by atoms with Crippen LogP contribution >= 0.6 is 0 Å². The van der Waals surface area contributed by atoms with Crippen LogP contribution in [-0.4, -0.2) is 6.61 Å². The van der Waals surface area contributed by atoms with Crippen LogP contribution in [-0.2, 0) is 0 Å². The molecule has 0 fully saturated rings. The Hall–Kier alpha value is -1.18. The molecule has 0 atom stereocenters. The van der Waals surface area contributed by atoms with Crippen molar-refractivity contribution in [1.82, 2.24) is 5.73 Å². The van der Waals surface area contributed by atoms with E-state index in [2.05, 4.69) is 6.92 Å². The van der Waals surface area contributed by atoms with Crippen LogP contribution in [0.2, 0.25) is 0 Å². The highest BCUT2D eigenvalue weighted by Gasteiger charge is 1.95. The van der Waals surface area contributed by atoms with Crippen molar-refractivity contribution in [2.24, 2.45) is 0 Å². The van der Waals surface area contributed by atoms with Gasteiger partial charge in [-0.2, -0.15) is 0 Å². The van der Waals surface area contributed by atoms with E-state index in [9.17, 15) is 0 Å². The molecule has 0 aliphatic carbocycles. The Bertz CT molecular complexity index is 321. The number of hydrogen-bond donors (Lipinski definition) is 0. The Morgan fingerprint density at radius 3 is 1.80 bits per heavy atom. The number of rotatable bonds is 12. The van der Waals surface area contributed by atoms with Crippen LogP contribution in [0.25, 0.3) is 0 Å². The summed E-state index contributed by atoms with van der Waals surface area (Å²) in [4.78, 5) is 0. The Labute approximate surface area is 124 Å². The van der Waals surface area contributed by atoms with Gasteiger partial charge in [-0.1, -0.05) is 64.7 Å². The smallest absolute Gasteiger partial charge is 0.119 e. The van der Waals surface area contributed by atoms with Crippen LogP contribution in [0, 0.1) is 0 Å². The van der Waals surface area contributed by atoms with Crippen LogP contribution in [0.1, 0.15) is 71.1 Å². The first-order valence-corrected chi connectivity index (χ1v) is 8.27. The number of hydrogen-bond acceptors (Lipinski definition) is 1. The highest BCUT2D eigenvalue weighted by Crippen LogP contribution is 2.15. The summed E-state index contributed by atoms with van der Waals surface area (Å²) in [5.74, 6) is 0.886. The summed E-state index contributed by atoms with van der Waals surface area (Å²) in [6.45, 7) is 3.07. The first-order chi connectivity index (χ1) is 9.83. The fourth-order valence-corrected chi connectivity index (χ4v) is 2.33. The molecule has 1 N–H and O–H groups in total. The molecular weight excluding hydrogens is 246 g/mol. The Balaban J connectivity index is 1.84. The van der Waals surface area contributed by atoms with Gasteiger partial charge in [0.05, 0.1) is 12.3 Å². The molecule has 113 valence electrons. The molecule has 0 amide bonds. The first kappa shape index (κ1) is 16.9. The monoisotopic (exact) mass is 276 g/mol. The molecule has 1 aromatic rings. The minimum Gasteiger partial charge on any atom is -0.494 e. The molecular formula is C18H30NO. The van der Waals surface area contributed by atoms with Crippen molar-refractivity contribution in [2.45, 2.75) is 71.1 Å². The summed E-state index contributed by atoms with van der Waals surface area (Å²) in [7, 11) is 0. The highest BCUT2D eigenvalue weighted by atomic mass is 16.5. The van der Waals surface area contributed by atoms with Gasteiger partial charge in [-0.05, 0) is 30.7 Å². The fraction of sp³-hybridized carbons (Fsp3) is 0.667. The minimum atomic E-state index is 0.538. The van der Waals surface area contributed by atoms with Crippen molar-refractivity contribution < 1.29 is 4.74 Å². The molecule has 0 saturated carbocycles. The predicted octanol–water partition coefficient (Wildman–Crippen LogP) is 5.90. The molecule has 0 aromatic heterocycles. The quantitative estimate of drug-likeness (QED) is 0.437. The van der Waals surface area contributed by atoms with Crippen molar-refractivity contribution in [3.8, 4) is 5.75 Å². The van der Waals surface area contributed by atoms with E-state index in [0.29, 0.717) is 5.69 Å². The summed E-state index contributed by atoms with van der Waals surface area (Å²) in [5.41, 5.74) is 7.93. The Morgan fingerprint density at radius 1 is 0.750 bits per heavy atom. The lowest BCUT2D eigenvalue weighted by Gasteiger charge is -2.06. The topological polar surface area (TPSA) is 33.0 Å². The van der Waals surface area contributed by atoms with Gasteiger partial charge in [0.15, 0.2) is 0 Å². The van der Waals surface area contributed by atoms with Gasteiger partial charge in [0.1, 0.15) is 5.75 Å². The minimum absolute atomic E-state index is 0.538. The maximum absolute atomic E-state index is 7.40. The molecule has 2 heteroatoms. The van der Waals surface area contributed by atoms with Crippen molar-refractivity contribution in [1.29, 1.82) is 0 Å². The van der Waals surface area contributed by atoms with Crippen molar-refractivity contribution in [3.63, 3.8) is 0 Å². The lowest BCUT2D eigenvalue weighted by Crippen LogP contribution is -1.97. The fourth-order valence-electron chi connectivity index (χ4n) is 2.33. The summed E-state index contributed by atoms with van der Waals surface area (Å²) >= 11 is 0. The summed E-state index contributed by atoms with van der Waals surface area (Å²) in [5, 5.41) is 0. The summed E-state index contributed by atoms with van der Waals surface area (Å²) in [6, 6.07) is 7.29. The average Bonchev–Trinajstić information content (AvgIpc) is 2.47. The molecule has 1 aromatic carbocycles. The summed E-state index contributed by atoms with van der Waals surface area (Å²) < 4.78 is 5.65. The molecule has 0 spiro atoms. The van der Waals surface area contributed by atoms with E-state index in [1.54, 1.807) is 12.1 Å². The molecule has 0 heterocycles. The van der Waals surface area contributed by atoms with Gasteiger partial charge < -0.3 is 10.5 Å². The third kappa shape index (κ3) is 8.84. The third-order valence-corrected chi connectivity index (χ3v) is 3.62.